The van der Waals surface area contributed by atoms with Gasteiger partial charge in [0.05, 0.1) is 17.1 Å². The number of piperazine rings is 1. The van der Waals surface area contributed by atoms with E-state index in [4.69, 9.17) is 4.98 Å². The van der Waals surface area contributed by atoms with E-state index in [0.29, 0.717) is 0 Å². The van der Waals surface area contributed by atoms with Crippen LogP contribution < -0.4 is 5.32 Å². The fourth-order valence-corrected chi connectivity index (χ4v) is 4.12. The van der Waals surface area contributed by atoms with Gasteiger partial charge in [-0.15, -0.1) is 0 Å². The summed E-state index contributed by atoms with van der Waals surface area (Å²) in [6, 6.07) is 21.4. The molecule has 0 spiro atoms. The van der Waals surface area contributed by atoms with Gasteiger partial charge in [-0.2, -0.15) is 0 Å². The van der Waals surface area contributed by atoms with Crippen molar-refractivity contribution in [3.05, 3.63) is 84.2 Å². The Morgan fingerprint density at radius 2 is 1.63 bits per heavy atom. The predicted molar refractivity (Wildman–Crippen MR) is 110 cm³/mol. The smallest absolute Gasteiger partial charge is 0.0705 e. The molecule has 2 aromatic carbocycles. The lowest BCUT2D eigenvalue weighted by Gasteiger charge is -2.36. The first-order chi connectivity index (χ1) is 13.4. The summed E-state index contributed by atoms with van der Waals surface area (Å²) in [5.41, 5.74) is 4.63. The van der Waals surface area contributed by atoms with Gasteiger partial charge in [0, 0.05) is 49.3 Å². The fourth-order valence-electron chi connectivity index (χ4n) is 4.12. The van der Waals surface area contributed by atoms with Gasteiger partial charge < -0.3 is 5.32 Å². The maximum atomic E-state index is 4.74. The van der Waals surface area contributed by atoms with E-state index in [1.54, 1.807) is 0 Å². The minimum Gasteiger partial charge on any atom is -0.314 e. The number of para-hydroxylation sites is 2. The second-order valence-electron chi connectivity index (χ2n) is 7.07. The molecule has 0 amide bonds. The maximum Gasteiger partial charge on any atom is 0.0705 e. The minimum atomic E-state index is 0.178. The molecular formula is C23H22N4. The average molecular weight is 354 g/mol. The number of hydrogen-bond donors (Lipinski definition) is 1. The van der Waals surface area contributed by atoms with Gasteiger partial charge in [-0.1, -0.05) is 36.4 Å². The third kappa shape index (κ3) is 3.07. The van der Waals surface area contributed by atoms with Crippen molar-refractivity contribution in [2.24, 2.45) is 0 Å². The molecule has 1 aliphatic heterocycles. The normalized spacial score (nSPS) is 16.6. The molecule has 1 saturated heterocycles. The van der Waals surface area contributed by atoms with E-state index in [1.807, 2.05) is 18.5 Å². The molecule has 1 fully saturated rings. The Kier molecular flexibility index (Phi) is 4.28. The molecule has 1 aliphatic rings. The summed E-state index contributed by atoms with van der Waals surface area (Å²) in [6.45, 7) is 4.07. The third-order valence-electron chi connectivity index (χ3n) is 5.42. The summed E-state index contributed by atoms with van der Waals surface area (Å²) >= 11 is 0. The van der Waals surface area contributed by atoms with Gasteiger partial charge in [-0.05, 0) is 35.4 Å². The molecular weight excluding hydrogens is 332 g/mol. The molecule has 4 aromatic rings. The van der Waals surface area contributed by atoms with Crippen LogP contribution in [0, 0.1) is 0 Å². The molecule has 3 heterocycles. The van der Waals surface area contributed by atoms with E-state index < -0.39 is 0 Å². The highest BCUT2D eigenvalue weighted by Crippen LogP contribution is 2.34. The molecule has 1 unspecified atom stereocenters. The van der Waals surface area contributed by atoms with Crippen LogP contribution in [0.25, 0.3) is 21.8 Å². The zero-order valence-corrected chi connectivity index (χ0v) is 15.2. The molecule has 4 nitrogen and oxygen atoms in total. The van der Waals surface area contributed by atoms with Crippen molar-refractivity contribution in [1.29, 1.82) is 0 Å². The summed E-state index contributed by atoms with van der Waals surface area (Å²) in [5.74, 6) is 0. The van der Waals surface area contributed by atoms with Crippen LogP contribution in [0.5, 0.6) is 0 Å². The quantitative estimate of drug-likeness (QED) is 0.608. The van der Waals surface area contributed by atoms with Crippen molar-refractivity contribution in [3.8, 4) is 0 Å². The van der Waals surface area contributed by atoms with Gasteiger partial charge in [0.2, 0.25) is 0 Å². The molecule has 0 saturated carbocycles. The van der Waals surface area contributed by atoms with E-state index in [0.717, 1.165) is 37.2 Å². The van der Waals surface area contributed by atoms with Gasteiger partial charge in [0.1, 0.15) is 0 Å². The van der Waals surface area contributed by atoms with E-state index in [1.165, 1.54) is 21.9 Å². The average Bonchev–Trinajstić information content (AvgIpc) is 2.75. The van der Waals surface area contributed by atoms with Crippen LogP contribution in [0.3, 0.4) is 0 Å². The first-order valence-corrected chi connectivity index (χ1v) is 9.53. The Labute approximate surface area is 158 Å². The SMILES string of the molecule is c1ccc2ncc(C(c3ccnc4ccccc34)N3CCNCC3)cc2c1. The summed E-state index contributed by atoms with van der Waals surface area (Å²) in [4.78, 5) is 11.9. The highest BCUT2D eigenvalue weighted by molar-refractivity contribution is 5.83. The molecule has 27 heavy (non-hydrogen) atoms. The van der Waals surface area contributed by atoms with Crippen LogP contribution in [0.1, 0.15) is 17.2 Å². The monoisotopic (exact) mass is 354 g/mol. The first-order valence-electron chi connectivity index (χ1n) is 9.53. The lowest BCUT2D eigenvalue weighted by atomic mass is 9.94. The highest BCUT2D eigenvalue weighted by Gasteiger charge is 2.26. The zero-order chi connectivity index (χ0) is 18.1. The topological polar surface area (TPSA) is 41.1 Å². The van der Waals surface area contributed by atoms with Crippen LogP contribution in [-0.4, -0.2) is 41.0 Å². The van der Waals surface area contributed by atoms with Crippen molar-refractivity contribution >= 4 is 21.8 Å². The molecule has 0 aliphatic carbocycles. The molecule has 1 atom stereocenters. The number of nitrogens with one attached hydrogen (secondary N) is 1. The second kappa shape index (κ2) is 7.06. The number of rotatable bonds is 3. The van der Waals surface area contributed by atoms with Gasteiger partial charge >= 0.3 is 0 Å². The second-order valence-corrected chi connectivity index (χ2v) is 7.07. The fraction of sp³-hybridized carbons (Fsp3) is 0.217. The zero-order valence-electron chi connectivity index (χ0n) is 15.2. The number of nitrogens with zero attached hydrogens (tertiary/aromatic N) is 3. The van der Waals surface area contributed by atoms with Crippen molar-refractivity contribution in [1.82, 2.24) is 20.2 Å². The van der Waals surface area contributed by atoms with Gasteiger partial charge in [0.15, 0.2) is 0 Å². The third-order valence-corrected chi connectivity index (χ3v) is 5.42. The number of aromatic nitrogens is 2. The number of pyridine rings is 2. The van der Waals surface area contributed by atoms with Gasteiger partial charge in [0.25, 0.3) is 0 Å². The molecule has 2 aromatic heterocycles. The maximum absolute atomic E-state index is 4.74. The molecule has 1 N–H and O–H groups in total. The minimum absolute atomic E-state index is 0.178. The van der Waals surface area contributed by atoms with Crippen LogP contribution in [0.2, 0.25) is 0 Å². The number of fused-ring (bicyclic) bond motifs is 2. The summed E-state index contributed by atoms with van der Waals surface area (Å²) in [5, 5.41) is 5.88. The van der Waals surface area contributed by atoms with Crippen molar-refractivity contribution in [2.75, 3.05) is 26.2 Å². The van der Waals surface area contributed by atoms with Gasteiger partial charge in [-0.3, -0.25) is 14.9 Å². The largest absolute Gasteiger partial charge is 0.314 e. The van der Waals surface area contributed by atoms with Crippen molar-refractivity contribution < 1.29 is 0 Å². The predicted octanol–water partition coefficient (Wildman–Crippen LogP) is 3.78. The molecule has 0 bridgehead atoms. The Hall–Kier alpha value is -2.82. The standard InChI is InChI=1S/C23H22N4/c1-3-7-21-17(5-1)15-18(16-26-21)23(27-13-11-24-12-14-27)20-9-10-25-22-8-4-2-6-19(20)22/h1-10,15-16,23-24H,11-14H2. The first kappa shape index (κ1) is 16.4. The molecule has 0 radical (unpaired) electrons. The van der Waals surface area contributed by atoms with Crippen molar-refractivity contribution in [3.63, 3.8) is 0 Å². The number of hydrogen-bond acceptors (Lipinski definition) is 4. The van der Waals surface area contributed by atoms with E-state index >= 15 is 0 Å². The molecule has 4 heteroatoms. The van der Waals surface area contributed by atoms with Crippen LogP contribution in [0.4, 0.5) is 0 Å². The summed E-state index contributed by atoms with van der Waals surface area (Å²) in [7, 11) is 0. The Morgan fingerprint density at radius 1 is 0.852 bits per heavy atom. The number of benzene rings is 2. The van der Waals surface area contributed by atoms with Crippen LogP contribution >= 0.6 is 0 Å². The molecule has 5 rings (SSSR count). The summed E-state index contributed by atoms with van der Waals surface area (Å²) < 4.78 is 0. The van der Waals surface area contributed by atoms with Gasteiger partial charge in [-0.25, -0.2) is 0 Å². The summed E-state index contributed by atoms with van der Waals surface area (Å²) in [6.07, 6.45) is 3.98. The van der Waals surface area contributed by atoms with E-state index in [2.05, 4.69) is 69.8 Å². The van der Waals surface area contributed by atoms with Crippen molar-refractivity contribution in [2.45, 2.75) is 6.04 Å². The molecule has 134 valence electrons. The van der Waals surface area contributed by atoms with E-state index in [9.17, 15) is 0 Å². The highest BCUT2D eigenvalue weighted by atomic mass is 15.2. The Bertz CT molecular complexity index is 1080. The van der Waals surface area contributed by atoms with Crippen LogP contribution in [0.15, 0.2) is 73.1 Å². The lowest BCUT2D eigenvalue weighted by molar-refractivity contribution is 0.199. The van der Waals surface area contributed by atoms with Crippen LogP contribution in [-0.2, 0) is 0 Å². The Morgan fingerprint density at radius 3 is 2.52 bits per heavy atom. The van der Waals surface area contributed by atoms with E-state index in [-0.39, 0.29) is 6.04 Å². The Balaban J connectivity index is 1.70. The lowest BCUT2D eigenvalue weighted by Crippen LogP contribution is -2.45.